The van der Waals surface area contributed by atoms with E-state index in [-0.39, 0.29) is 11.7 Å². The number of H-pyrrole nitrogens is 1. The molecule has 0 atom stereocenters. The van der Waals surface area contributed by atoms with Crippen molar-refractivity contribution in [2.24, 2.45) is 0 Å². The van der Waals surface area contributed by atoms with Gasteiger partial charge in [0.05, 0.1) is 23.8 Å². The second kappa shape index (κ2) is 6.55. The second-order valence-electron chi connectivity index (χ2n) is 6.80. The molecule has 4 aromatic rings. The van der Waals surface area contributed by atoms with E-state index in [2.05, 4.69) is 20.1 Å². The number of furan rings is 1. The normalized spacial score (nSPS) is 16.3. The van der Waals surface area contributed by atoms with E-state index in [4.69, 9.17) is 8.83 Å². The van der Waals surface area contributed by atoms with Gasteiger partial charge in [0.15, 0.2) is 5.76 Å². The summed E-state index contributed by atoms with van der Waals surface area (Å²) < 4.78 is 12.9. The molecule has 1 fully saturated rings. The maximum Gasteiger partial charge on any atom is 0.326 e. The Morgan fingerprint density at radius 1 is 1.11 bits per heavy atom. The topological polar surface area (TPSA) is 93.1 Å². The van der Waals surface area contributed by atoms with Crippen molar-refractivity contribution in [2.75, 3.05) is 13.1 Å². The molecule has 1 saturated heterocycles. The predicted octanol–water partition coefficient (Wildman–Crippen LogP) is 2.81. The summed E-state index contributed by atoms with van der Waals surface area (Å²) in [6.45, 7) is 2.34. The first-order valence-corrected chi connectivity index (χ1v) is 9.06. The van der Waals surface area contributed by atoms with Crippen molar-refractivity contribution in [2.45, 2.75) is 25.4 Å². The first-order valence-electron chi connectivity index (χ1n) is 9.06. The van der Waals surface area contributed by atoms with E-state index in [1.54, 1.807) is 18.4 Å². The molecular formula is C19H19N5O3. The van der Waals surface area contributed by atoms with Crippen LogP contribution in [0, 0.1) is 0 Å². The van der Waals surface area contributed by atoms with Crippen LogP contribution in [-0.2, 0) is 6.54 Å². The maximum absolute atomic E-state index is 12.4. The zero-order valence-corrected chi connectivity index (χ0v) is 14.7. The molecule has 4 heterocycles. The number of fused-ring (bicyclic) bond motifs is 1. The van der Waals surface area contributed by atoms with Gasteiger partial charge in [-0.05, 0) is 37.1 Å². The number of aromatic amines is 1. The molecule has 1 aliphatic heterocycles. The lowest BCUT2D eigenvalue weighted by Gasteiger charge is -2.31. The summed E-state index contributed by atoms with van der Waals surface area (Å²) in [7, 11) is 0. The third-order valence-electron chi connectivity index (χ3n) is 5.10. The number of piperidine rings is 1. The monoisotopic (exact) mass is 365 g/mol. The molecule has 0 amide bonds. The van der Waals surface area contributed by atoms with Crippen molar-refractivity contribution in [3.8, 4) is 11.7 Å². The standard InChI is InChI=1S/C19H19N5O3/c25-19-20-14-4-1-2-5-15(14)24(19)13-7-9-23(10-8-13)12-17-21-22-18(27-17)16-6-3-11-26-16/h1-6,11,13H,7-10,12H2,(H,20,25). The molecule has 8 nitrogen and oxygen atoms in total. The molecule has 0 spiro atoms. The quantitative estimate of drug-likeness (QED) is 0.598. The number of hydrogen-bond donors (Lipinski definition) is 1. The van der Waals surface area contributed by atoms with Crippen LogP contribution in [-0.4, -0.2) is 37.7 Å². The summed E-state index contributed by atoms with van der Waals surface area (Å²) >= 11 is 0. The fraction of sp³-hybridized carbons (Fsp3) is 0.316. The van der Waals surface area contributed by atoms with Crippen LogP contribution in [0.5, 0.6) is 0 Å². The van der Waals surface area contributed by atoms with Crippen LogP contribution in [0.25, 0.3) is 22.7 Å². The van der Waals surface area contributed by atoms with Crippen molar-refractivity contribution >= 4 is 11.0 Å². The van der Waals surface area contributed by atoms with Gasteiger partial charge in [-0.15, -0.1) is 10.2 Å². The highest BCUT2D eigenvalue weighted by molar-refractivity contribution is 5.75. The van der Waals surface area contributed by atoms with Gasteiger partial charge in [-0.25, -0.2) is 4.79 Å². The van der Waals surface area contributed by atoms with Gasteiger partial charge in [0.25, 0.3) is 5.89 Å². The minimum atomic E-state index is -0.0327. The minimum absolute atomic E-state index is 0.0327. The Hall–Kier alpha value is -3.13. The third-order valence-corrected chi connectivity index (χ3v) is 5.10. The molecule has 138 valence electrons. The smallest absolute Gasteiger partial charge is 0.326 e. The van der Waals surface area contributed by atoms with Gasteiger partial charge < -0.3 is 13.8 Å². The summed E-state index contributed by atoms with van der Waals surface area (Å²) in [4.78, 5) is 17.6. The lowest BCUT2D eigenvalue weighted by Crippen LogP contribution is -2.36. The van der Waals surface area contributed by atoms with Crippen LogP contribution in [0.4, 0.5) is 0 Å². The Kier molecular flexibility index (Phi) is 3.90. The van der Waals surface area contributed by atoms with Gasteiger partial charge in [0.2, 0.25) is 5.89 Å². The number of hydrogen-bond acceptors (Lipinski definition) is 6. The summed E-state index contributed by atoms with van der Waals surface area (Å²) in [5.41, 5.74) is 1.83. The summed E-state index contributed by atoms with van der Waals surface area (Å²) in [6.07, 6.45) is 3.39. The van der Waals surface area contributed by atoms with E-state index < -0.39 is 0 Å². The zero-order chi connectivity index (χ0) is 18.2. The Bertz CT molecular complexity index is 1100. The van der Waals surface area contributed by atoms with Crippen molar-refractivity contribution in [1.82, 2.24) is 24.6 Å². The Labute approximate surface area is 154 Å². The van der Waals surface area contributed by atoms with Crippen LogP contribution in [0.1, 0.15) is 24.8 Å². The SMILES string of the molecule is O=c1[nH]c2ccccc2n1C1CCN(Cc2nnc(-c3ccco3)o2)CC1. The fourth-order valence-electron chi connectivity index (χ4n) is 3.78. The molecule has 1 aliphatic rings. The lowest BCUT2D eigenvalue weighted by molar-refractivity contribution is 0.166. The zero-order valence-electron chi connectivity index (χ0n) is 14.7. The lowest BCUT2D eigenvalue weighted by atomic mass is 10.0. The molecule has 27 heavy (non-hydrogen) atoms. The molecule has 0 saturated carbocycles. The van der Waals surface area contributed by atoms with E-state index in [1.165, 1.54) is 0 Å². The largest absolute Gasteiger partial charge is 0.459 e. The van der Waals surface area contributed by atoms with Gasteiger partial charge in [0.1, 0.15) is 0 Å². The van der Waals surface area contributed by atoms with Gasteiger partial charge in [0, 0.05) is 19.1 Å². The molecular weight excluding hydrogens is 346 g/mol. The van der Waals surface area contributed by atoms with Crippen LogP contribution < -0.4 is 5.69 Å². The molecule has 0 aliphatic carbocycles. The molecule has 0 unspecified atom stereocenters. The van der Waals surface area contributed by atoms with Crippen molar-refractivity contribution in [3.05, 3.63) is 59.0 Å². The Morgan fingerprint density at radius 3 is 2.78 bits per heavy atom. The molecule has 1 aromatic carbocycles. The first kappa shape index (κ1) is 16.1. The van der Waals surface area contributed by atoms with E-state index >= 15 is 0 Å². The molecule has 0 radical (unpaired) electrons. The van der Waals surface area contributed by atoms with Crippen LogP contribution in [0.2, 0.25) is 0 Å². The van der Waals surface area contributed by atoms with Crippen molar-refractivity contribution < 1.29 is 8.83 Å². The summed E-state index contributed by atoms with van der Waals surface area (Å²) in [5.74, 6) is 1.55. The summed E-state index contributed by atoms with van der Waals surface area (Å²) in [6, 6.07) is 11.6. The number of nitrogens with one attached hydrogen (secondary N) is 1. The van der Waals surface area contributed by atoms with E-state index in [0.29, 0.717) is 24.1 Å². The van der Waals surface area contributed by atoms with Crippen molar-refractivity contribution in [1.29, 1.82) is 0 Å². The van der Waals surface area contributed by atoms with Crippen LogP contribution in [0.15, 0.2) is 56.3 Å². The highest BCUT2D eigenvalue weighted by atomic mass is 16.4. The molecule has 1 N–H and O–H groups in total. The van der Waals surface area contributed by atoms with Gasteiger partial charge >= 0.3 is 5.69 Å². The number of nitrogens with zero attached hydrogens (tertiary/aromatic N) is 4. The Balaban J connectivity index is 1.26. The highest BCUT2D eigenvalue weighted by Gasteiger charge is 2.24. The second-order valence-corrected chi connectivity index (χ2v) is 6.80. The van der Waals surface area contributed by atoms with E-state index in [9.17, 15) is 4.79 Å². The number of imidazole rings is 1. The maximum atomic E-state index is 12.4. The minimum Gasteiger partial charge on any atom is -0.459 e. The third kappa shape index (κ3) is 2.97. The number of aromatic nitrogens is 4. The molecule has 3 aromatic heterocycles. The van der Waals surface area contributed by atoms with Gasteiger partial charge in [-0.1, -0.05) is 12.1 Å². The first-order chi connectivity index (χ1) is 13.3. The summed E-state index contributed by atoms with van der Waals surface area (Å²) in [5, 5.41) is 8.15. The van der Waals surface area contributed by atoms with Gasteiger partial charge in [-0.2, -0.15) is 0 Å². The highest BCUT2D eigenvalue weighted by Crippen LogP contribution is 2.26. The molecule has 0 bridgehead atoms. The Morgan fingerprint density at radius 2 is 1.96 bits per heavy atom. The van der Waals surface area contributed by atoms with E-state index in [1.807, 2.05) is 28.8 Å². The average Bonchev–Trinajstić information content (AvgIpc) is 3.41. The number of rotatable bonds is 4. The van der Waals surface area contributed by atoms with Crippen molar-refractivity contribution in [3.63, 3.8) is 0 Å². The number of para-hydroxylation sites is 2. The molecule has 8 heteroatoms. The number of benzene rings is 1. The average molecular weight is 365 g/mol. The van der Waals surface area contributed by atoms with Crippen LogP contribution >= 0.6 is 0 Å². The molecule has 5 rings (SSSR count). The van der Waals surface area contributed by atoms with Gasteiger partial charge in [-0.3, -0.25) is 9.47 Å². The van der Waals surface area contributed by atoms with Crippen LogP contribution in [0.3, 0.4) is 0 Å². The fourth-order valence-corrected chi connectivity index (χ4v) is 3.78. The van der Waals surface area contributed by atoms with E-state index in [0.717, 1.165) is 37.0 Å². The number of likely N-dealkylation sites (tertiary alicyclic amines) is 1. The predicted molar refractivity (Wildman–Crippen MR) is 98.1 cm³/mol.